The molecule has 1 saturated carbocycles. The molecule has 1 aliphatic carbocycles. The number of hydrogen-bond donors (Lipinski definition) is 1. The monoisotopic (exact) mass is 290 g/mol. The number of carbonyl (C=O) groups excluding carboxylic acids is 1. The third-order valence-corrected chi connectivity index (χ3v) is 4.90. The van der Waals surface area contributed by atoms with Crippen LogP contribution in [0.5, 0.6) is 0 Å². The molecular weight excluding hydrogens is 264 g/mol. The lowest BCUT2D eigenvalue weighted by Gasteiger charge is -2.26. The highest BCUT2D eigenvalue weighted by atomic mass is 32.2. The van der Waals surface area contributed by atoms with E-state index in [2.05, 4.69) is 5.32 Å². The summed E-state index contributed by atoms with van der Waals surface area (Å²) < 4.78 is 25.1. The average Bonchev–Trinajstić information content (AvgIpc) is 2.83. The zero-order valence-corrected chi connectivity index (χ0v) is 12.8. The zero-order chi connectivity index (χ0) is 14.3. The van der Waals surface area contributed by atoms with Gasteiger partial charge in [0.2, 0.25) is 15.9 Å². The van der Waals surface area contributed by atoms with Gasteiger partial charge in [-0.2, -0.15) is 4.31 Å². The molecule has 1 rings (SSSR count). The Kier molecular flexibility index (Phi) is 6.79. The molecule has 0 unspecified atom stereocenters. The molecule has 0 saturated heterocycles. The average molecular weight is 290 g/mol. The topological polar surface area (TPSA) is 66.5 Å². The second-order valence-electron chi connectivity index (χ2n) is 5.27. The first kappa shape index (κ1) is 16.4. The third kappa shape index (κ3) is 5.91. The van der Waals surface area contributed by atoms with Crippen LogP contribution in [0.2, 0.25) is 0 Å². The Labute approximate surface area is 116 Å². The van der Waals surface area contributed by atoms with E-state index >= 15 is 0 Å². The molecule has 0 aromatic heterocycles. The molecule has 0 heterocycles. The molecule has 0 atom stereocenters. The summed E-state index contributed by atoms with van der Waals surface area (Å²) in [7, 11) is -3.18. The van der Waals surface area contributed by atoms with Crippen molar-refractivity contribution in [1.29, 1.82) is 0 Å². The Balaban J connectivity index is 2.39. The number of hydrogen-bond acceptors (Lipinski definition) is 3. The van der Waals surface area contributed by atoms with Crippen molar-refractivity contribution < 1.29 is 13.2 Å². The maximum atomic E-state index is 11.8. The van der Waals surface area contributed by atoms with Crippen molar-refractivity contribution >= 4 is 15.9 Å². The van der Waals surface area contributed by atoms with Crippen molar-refractivity contribution in [3.05, 3.63) is 0 Å². The lowest BCUT2D eigenvalue weighted by molar-refractivity contribution is -0.121. The minimum absolute atomic E-state index is 0.0155. The summed E-state index contributed by atoms with van der Waals surface area (Å²) in [6, 6.07) is 0.127. The highest BCUT2D eigenvalue weighted by Gasteiger charge is 2.28. The van der Waals surface area contributed by atoms with Gasteiger partial charge in [-0.1, -0.05) is 26.2 Å². The Morgan fingerprint density at radius 3 is 2.47 bits per heavy atom. The van der Waals surface area contributed by atoms with E-state index < -0.39 is 10.0 Å². The van der Waals surface area contributed by atoms with Gasteiger partial charge in [0.1, 0.15) is 0 Å². The number of amides is 1. The number of unbranched alkanes of at least 4 members (excludes halogenated alkanes) is 1. The Morgan fingerprint density at radius 1 is 1.32 bits per heavy atom. The number of nitrogens with one attached hydrogen (secondary N) is 1. The van der Waals surface area contributed by atoms with Gasteiger partial charge in [-0.25, -0.2) is 8.42 Å². The summed E-state index contributed by atoms with van der Waals surface area (Å²) in [6.45, 7) is 2.84. The largest absolute Gasteiger partial charge is 0.355 e. The van der Waals surface area contributed by atoms with E-state index in [-0.39, 0.29) is 11.9 Å². The molecule has 19 heavy (non-hydrogen) atoms. The second kappa shape index (κ2) is 7.85. The quantitative estimate of drug-likeness (QED) is 0.736. The van der Waals surface area contributed by atoms with E-state index in [1.807, 2.05) is 6.92 Å². The minimum Gasteiger partial charge on any atom is -0.355 e. The van der Waals surface area contributed by atoms with Gasteiger partial charge in [0.25, 0.3) is 0 Å². The first-order chi connectivity index (χ1) is 8.95. The summed E-state index contributed by atoms with van der Waals surface area (Å²) in [6.07, 6.45) is 7.73. The number of carbonyl (C=O) groups is 1. The molecule has 0 spiro atoms. The van der Waals surface area contributed by atoms with E-state index in [9.17, 15) is 13.2 Å². The van der Waals surface area contributed by atoms with E-state index in [4.69, 9.17) is 0 Å². The van der Waals surface area contributed by atoms with Crippen molar-refractivity contribution in [2.75, 3.05) is 19.3 Å². The van der Waals surface area contributed by atoms with Crippen LogP contribution in [-0.2, 0) is 14.8 Å². The van der Waals surface area contributed by atoms with Crippen LogP contribution in [0.4, 0.5) is 0 Å². The number of sulfonamides is 1. The van der Waals surface area contributed by atoms with Gasteiger partial charge >= 0.3 is 0 Å². The molecular formula is C13H26N2O3S. The summed E-state index contributed by atoms with van der Waals surface area (Å²) in [5, 5.41) is 2.80. The molecule has 0 aromatic rings. The van der Waals surface area contributed by atoms with E-state index in [1.54, 1.807) is 4.31 Å². The van der Waals surface area contributed by atoms with Crippen LogP contribution in [0.25, 0.3) is 0 Å². The molecule has 1 aliphatic rings. The van der Waals surface area contributed by atoms with Gasteiger partial charge in [0.15, 0.2) is 0 Å². The molecule has 1 N–H and O–H groups in total. The third-order valence-electron chi connectivity index (χ3n) is 3.57. The summed E-state index contributed by atoms with van der Waals surface area (Å²) in [5.41, 5.74) is 0. The summed E-state index contributed by atoms with van der Waals surface area (Å²) in [5.74, 6) is 0.0155. The van der Waals surface area contributed by atoms with E-state index in [0.29, 0.717) is 19.5 Å². The first-order valence-corrected chi connectivity index (χ1v) is 9.03. The predicted octanol–water partition coefficient (Wildman–Crippen LogP) is 1.50. The molecule has 0 radical (unpaired) electrons. The number of nitrogens with zero attached hydrogens (tertiary/aromatic N) is 1. The second-order valence-corrected chi connectivity index (χ2v) is 7.20. The highest BCUT2D eigenvalue weighted by Crippen LogP contribution is 2.24. The van der Waals surface area contributed by atoms with Gasteiger partial charge in [-0.05, 0) is 19.3 Å². The fraction of sp³-hybridized carbons (Fsp3) is 0.923. The zero-order valence-electron chi connectivity index (χ0n) is 12.0. The van der Waals surface area contributed by atoms with Crippen LogP contribution < -0.4 is 5.32 Å². The standard InChI is InChI=1S/C13H26N2O3S/c1-3-4-9-13(16)14-10-11-15(19(2,17)18)12-7-5-6-8-12/h12H,3-11H2,1-2H3,(H,14,16). The van der Waals surface area contributed by atoms with Gasteiger partial charge in [-0.15, -0.1) is 0 Å². The molecule has 0 aliphatic heterocycles. The molecule has 1 amide bonds. The summed E-state index contributed by atoms with van der Waals surface area (Å²) >= 11 is 0. The van der Waals surface area contributed by atoms with Gasteiger partial charge in [0.05, 0.1) is 6.26 Å². The van der Waals surface area contributed by atoms with E-state index in [0.717, 1.165) is 38.5 Å². The fourth-order valence-electron chi connectivity index (χ4n) is 2.54. The Hall–Kier alpha value is -0.620. The minimum atomic E-state index is -3.18. The molecule has 112 valence electrons. The maximum Gasteiger partial charge on any atom is 0.220 e. The van der Waals surface area contributed by atoms with Gasteiger partial charge in [-0.3, -0.25) is 4.79 Å². The Morgan fingerprint density at radius 2 is 1.95 bits per heavy atom. The molecule has 6 heteroatoms. The maximum absolute atomic E-state index is 11.8. The molecule has 0 aromatic carbocycles. The number of rotatable bonds is 8. The van der Waals surface area contributed by atoms with Crippen LogP contribution >= 0.6 is 0 Å². The van der Waals surface area contributed by atoms with Gasteiger partial charge in [0, 0.05) is 25.6 Å². The lowest BCUT2D eigenvalue weighted by Crippen LogP contribution is -2.43. The smallest absolute Gasteiger partial charge is 0.220 e. The first-order valence-electron chi connectivity index (χ1n) is 7.18. The van der Waals surface area contributed by atoms with E-state index in [1.165, 1.54) is 6.26 Å². The van der Waals surface area contributed by atoms with Crippen molar-refractivity contribution in [2.45, 2.75) is 57.9 Å². The molecule has 5 nitrogen and oxygen atoms in total. The molecule has 0 bridgehead atoms. The van der Waals surface area contributed by atoms with Crippen molar-refractivity contribution in [1.82, 2.24) is 9.62 Å². The van der Waals surface area contributed by atoms with Gasteiger partial charge < -0.3 is 5.32 Å². The van der Waals surface area contributed by atoms with Crippen LogP contribution in [0.3, 0.4) is 0 Å². The molecule has 1 fully saturated rings. The lowest BCUT2D eigenvalue weighted by atomic mass is 10.2. The Bertz CT molecular complexity index is 375. The fourth-order valence-corrected chi connectivity index (χ4v) is 3.72. The highest BCUT2D eigenvalue weighted by molar-refractivity contribution is 7.88. The summed E-state index contributed by atoms with van der Waals surface area (Å²) in [4.78, 5) is 11.5. The van der Waals surface area contributed by atoms with Crippen molar-refractivity contribution in [3.63, 3.8) is 0 Å². The van der Waals surface area contributed by atoms with Crippen LogP contribution in [0.1, 0.15) is 51.9 Å². The SMILES string of the molecule is CCCCC(=O)NCCN(C1CCCC1)S(C)(=O)=O. The van der Waals surface area contributed by atoms with Crippen LogP contribution in [0.15, 0.2) is 0 Å². The predicted molar refractivity (Wildman–Crippen MR) is 76.3 cm³/mol. The van der Waals surface area contributed by atoms with Crippen molar-refractivity contribution in [3.8, 4) is 0 Å². The van der Waals surface area contributed by atoms with Crippen LogP contribution in [0, 0.1) is 0 Å². The van der Waals surface area contributed by atoms with Crippen molar-refractivity contribution in [2.24, 2.45) is 0 Å². The van der Waals surface area contributed by atoms with Crippen LogP contribution in [-0.4, -0.2) is 44.0 Å². The normalized spacial score (nSPS) is 17.0.